The number of phenolic OH excluding ortho intramolecular Hbond substituents is 2. The summed E-state index contributed by atoms with van der Waals surface area (Å²) in [6.07, 6.45) is 0. The molecular weight excluding hydrogens is 466 g/mol. The molecule has 35 heavy (non-hydrogen) atoms. The van der Waals surface area contributed by atoms with Crippen molar-refractivity contribution in [3.8, 4) is 11.5 Å². The highest BCUT2D eigenvalue weighted by Gasteiger charge is 2.28. The fraction of sp³-hybridized carbons (Fsp3) is 0.0909. The van der Waals surface area contributed by atoms with Gasteiger partial charge >= 0.3 is 11.4 Å². The monoisotopic (exact) mass is 481 g/mol. The van der Waals surface area contributed by atoms with E-state index in [4.69, 9.17) is 0 Å². The van der Waals surface area contributed by atoms with Crippen molar-refractivity contribution < 1.29 is 34.6 Å². The molecule has 0 saturated heterocycles. The lowest BCUT2D eigenvalue weighted by Crippen LogP contribution is -2.09. The van der Waals surface area contributed by atoms with Crippen LogP contribution in [0.25, 0.3) is 0 Å². The van der Waals surface area contributed by atoms with Crippen molar-refractivity contribution in [2.75, 3.05) is 0 Å². The van der Waals surface area contributed by atoms with Crippen LogP contribution in [0.1, 0.15) is 43.0 Å². The molecular formula is C22H15N3O10. The third kappa shape index (κ3) is 4.64. The number of ketones is 2. The Morgan fingerprint density at radius 1 is 0.629 bits per heavy atom. The molecule has 0 amide bonds. The summed E-state index contributed by atoms with van der Waals surface area (Å²) in [7, 11) is 0. The fourth-order valence-electron chi connectivity index (χ4n) is 3.43. The van der Waals surface area contributed by atoms with E-state index in [1.165, 1.54) is 13.8 Å². The van der Waals surface area contributed by atoms with Gasteiger partial charge in [-0.05, 0) is 43.2 Å². The van der Waals surface area contributed by atoms with Crippen LogP contribution in [0, 0.1) is 44.2 Å². The average molecular weight is 481 g/mol. The van der Waals surface area contributed by atoms with Gasteiger partial charge in [-0.1, -0.05) is 0 Å². The summed E-state index contributed by atoms with van der Waals surface area (Å²) in [5, 5.41) is 54.3. The van der Waals surface area contributed by atoms with Gasteiger partial charge in [-0.2, -0.15) is 0 Å². The molecule has 0 fully saturated rings. The van der Waals surface area contributed by atoms with E-state index in [1.54, 1.807) is 0 Å². The van der Waals surface area contributed by atoms with Gasteiger partial charge in [0.2, 0.25) is 11.5 Å². The van der Waals surface area contributed by atoms with Gasteiger partial charge in [-0.25, -0.2) is 0 Å². The Hall–Kier alpha value is -5.20. The van der Waals surface area contributed by atoms with Crippen molar-refractivity contribution in [2.45, 2.75) is 13.8 Å². The maximum absolute atomic E-state index is 13.1. The molecule has 0 spiro atoms. The van der Waals surface area contributed by atoms with Gasteiger partial charge in [0, 0.05) is 35.4 Å². The Morgan fingerprint density at radius 2 is 1.00 bits per heavy atom. The number of benzene rings is 3. The first-order chi connectivity index (χ1) is 16.3. The molecule has 0 saturated carbocycles. The molecule has 0 radical (unpaired) electrons. The molecule has 13 nitrogen and oxygen atoms in total. The maximum Gasteiger partial charge on any atom is 0.311 e. The molecule has 0 atom stereocenters. The minimum atomic E-state index is -1.05. The highest BCUT2D eigenvalue weighted by atomic mass is 16.6. The van der Waals surface area contributed by atoms with Crippen molar-refractivity contribution in [3.63, 3.8) is 0 Å². The largest absolute Gasteiger partial charge is 0.502 e. The van der Waals surface area contributed by atoms with E-state index in [9.17, 15) is 50.1 Å². The van der Waals surface area contributed by atoms with E-state index in [0.717, 1.165) is 42.5 Å². The Balaban J connectivity index is 2.22. The second-order valence-corrected chi connectivity index (χ2v) is 7.56. The smallest absolute Gasteiger partial charge is 0.311 e. The van der Waals surface area contributed by atoms with Crippen molar-refractivity contribution in [1.29, 1.82) is 0 Å². The van der Waals surface area contributed by atoms with E-state index >= 15 is 0 Å². The molecule has 3 rings (SSSR count). The molecule has 0 aliphatic heterocycles. The van der Waals surface area contributed by atoms with Crippen LogP contribution in [-0.4, -0.2) is 36.5 Å². The quantitative estimate of drug-likeness (QED) is 0.283. The fourth-order valence-corrected chi connectivity index (χ4v) is 3.43. The second-order valence-electron chi connectivity index (χ2n) is 7.56. The molecule has 0 bridgehead atoms. The summed E-state index contributed by atoms with van der Waals surface area (Å²) >= 11 is 0. The van der Waals surface area contributed by atoms with Crippen LogP contribution in [-0.2, 0) is 0 Å². The van der Waals surface area contributed by atoms with Crippen LogP contribution < -0.4 is 0 Å². The van der Waals surface area contributed by atoms with Gasteiger partial charge in [-0.3, -0.25) is 39.9 Å². The number of nitro groups is 3. The summed E-state index contributed by atoms with van der Waals surface area (Å²) in [4.78, 5) is 57.3. The lowest BCUT2D eigenvalue weighted by atomic mass is 9.94. The van der Waals surface area contributed by atoms with Crippen LogP contribution in [0.2, 0.25) is 0 Å². The van der Waals surface area contributed by atoms with Crippen molar-refractivity contribution >= 4 is 28.6 Å². The van der Waals surface area contributed by atoms with Crippen molar-refractivity contribution in [1.82, 2.24) is 0 Å². The summed E-state index contributed by atoms with van der Waals surface area (Å²) in [5.74, 6) is -4.02. The number of phenols is 2. The third-order valence-electron chi connectivity index (χ3n) is 5.00. The van der Waals surface area contributed by atoms with Crippen molar-refractivity contribution in [2.24, 2.45) is 0 Å². The van der Waals surface area contributed by atoms with E-state index in [2.05, 4.69) is 0 Å². The van der Waals surface area contributed by atoms with Gasteiger partial charge in [0.1, 0.15) is 0 Å². The van der Waals surface area contributed by atoms with Gasteiger partial charge in [0.15, 0.2) is 11.6 Å². The first kappa shape index (κ1) is 24.4. The molecule has 0 aliphatic carbocycles. The van der Waals surface area contributed by atoms with Crippen LogP contribution >= 0.6 is 0 Å². The highest BCUT2D eigenvalue weighted by Crippen LogP contribution is 2.35. The standard InChI is InChI=1S/C22H15N3O10/c1-10-3-15(21(28)17(5-10)24(32)33)19(26)12-7-13(9-14(8-12)23(30)31)20(27)16-4-11(2)6-18(22(16)29)25(34)35/h3-9,28-29H,1-2H3. The van der Waals surface area contributed by atoms with E-state index < -0.39 is 77.2 Å². The van der Waals surface area contributed by atoms with Gasteiger partial charge in [0.25, 0.3) is 5.69 Å². The summed E-state index contributed by atoms with van der Waals surface area (Å²) in [5.41, 5.74) is -3.69. The molecule has 0 unspecified atom stereocenters. The predicted octanol–water partition coefficient (Wildman–Crippen LogP) is 3.90. The second kappa shape index (κ2) is 8.97. The van der Waals surface area contributed by atoms with E-state index in [-0.39, 0.29) is 11.1 Å². The number of nitrogens with zero attached hydrogens (tertiary/aromatic N) is 3. The van der Waals surface area contributed by atoms with Gasteiger partial charge < -0.3 is 10.2 Å². The van der Waals surface area contributed by atoms with E-state index in [1.807, 2.05) is 0 Å². The van der Waals surface area contributed by atoms with Crippen molar-refractivity contribution in [3.05, 3.63) is 106 Å². The summed E-state index contributed by atoms with van der Waals surface area (Å²) in [6, 6.07) is 6.89. The number of carbonyl (C=O) groups is 2. The normalized spacial score (nSPS) is 10.6. The van der Waals surface area contributed by atoms with Gasteiger partial charge in [-0.15, -0.1) is 0 Å². The summed E-state index contributed by atoms with van der Waals surface area (Å²) in [6.45, 7) is 2.86. The number of carbonyl (C=O) groups excluding carboxylic acids is 2. The first-order valence-corrected chi connectivity index (χ1v) is 9.66. The molecule has 0 aliphatic rings. The predicted molar refractivity (Wildman–Crippen MR) is 119 cm³/mol. The molecule has 2 N–H and O–H groups in total. The lowest BCUT2D eigenvalue weighted by Gasteiger charge is -2.09. The topological polar surface area (TPSA) is 204 Å². The summed E-state index contributed by atoms with van der Waals surface area (Å²) < 4.78 is 0. The average Bonchev–Trinajstić information content (AvgIpc) is 2.79. The van der Waals surface area contributed by atoms with Crippen LogP contribution in [0.4, 0.5) is 17.1 Å². The number of hydrogen-bond acceptors (Lipinski definition) is 10. The molecule has 178 valence electrons. The number of hydrogen-bond donors (Lipinski definition) is 2. The van der Waals surface area contributed by atoms with E-state index in [0.29, 0.717) is 0 Å². The zero-order valence-electron chi connectivity index (χ0n) is 18.0. The number of nitro benzene ring substituents is 3. The Bertz CT molecular complexity index is 1360. The molecule has 13 heteroatoms. The zero-order chi connectivity index (χ0) is 26.2. The first-order valence-electron chi connectivity index (χ1n) is 9.66. The molecule has 3 aromatic carbocycles. The lowest BCUT2D eigenvalue weighted by molar-refractivity contribution is -0.386. The van der Waals surface area contributed by atoms with Crippen LogP contribution in [0.15, 0.2) is 42.5 Å². The Labute approximate surface area is 195 Å². The Morgan fingerprint density at radius 3 is 1.31 bits per heavy atom. The van der Waals surface area contributed by atoms with Crippen LogP contribution in [0.5, 0.6) is 11.5 Å². The number of aryl methyl sites for hydroxylation is 2. The molecule has 3 aromatic rings. The van der Waals surface area contributed by atoms with Gasteiger partial charge in [0.05, 0.1) is 25.9 Å². The SMILES string of the molecule is Cc1cc(C(=O)c2cc(C(=O)c3cc(C)cc([N+](=O)[O-])c3O)cc([N+](=O)[O-])c2)c(O)c([N+](=O)[O-])c1. The number of aromatic hydroxyl groups is 2. The molecule has 0 aromatic heterocycles. The van der Waals surface area contributed by atoms with Crippen LogP contribution in [0.3, 0.4) is 0 Å². The number of rotatable bonds is 7. The number of non-ortho nitro benzene ring substituents is 1. The molecule has 0 heterocycles. The minimum Gasteiger partial charge on any atom is -0.502 e. The zero-order valence-corrected chi connectivity index (χ0v) is 18.0. The maximum atomic E-state index is 13.1. The highest BCUT2D eigenvalue weighted by molar-refractivity contribution is 6.16. The third-order valence-corrected chi connectivity index (χ3v) is 5.00. The Kier molecular flexibility index (Phi) is 6.27. The minimum absolute atomic E-state index is 0.247.